The molecule has 2 unspecified atom stereocenters. The Labute approximate surface area is 126 Å². The molecule has 2 aromatic rings. The van der Waals surface area contributed by atoms with Gasteiger partial charge >= 0.3 is 0 Å². The van der Waals surface area contributed by atoms with Crippen LogP contribution in [0.4, 0.5) is 0 Å². The summed E-state index contributed by atoms with van der Waals surface area (Å²) in [5, 5.41) is 5.20. The Balaban J connectivity index is 1.47. The number of hydrogen-bond donors (Lipinski definition) is 2. The number of H-pyrrole nitrogens is 1. The number of para-hydroxylation sites is 1. The van der Waals surface area contributed by atoms with Crippen molar-refractivity contribution in [3.05, 3.63) is 35.5 Å². The highest BCUT2D eigenvalue weighted by molar-refractivity contribution is 5.85. The van der Waals surface area contributed by atoms with E-state index in [1.54, 1.807) is 5.56 Å². The van der Waals surface area contributed by atoms with Crippen LogP contribution in [0, 0.1) is 5.92 Å². The van der Waals surface area contributed by atoms with Gasteiger partial charge in [-0.1, -0.05) is 18.2 Å². The Morgan fingerprint density at radius 2 is 2.19 bits per heavy atom. The van der Waals surface area contributed by atoms with Gasteiger partial charge in [-0.15, -0.1) is 0 Å². The van der Waals surface area contributed by atoms with E-state index >= 15 is 0 Å². The lowest BCUT2D eigenvalue weighted by Crippen LogP contribution is -2.27. The number of hydrogen-bond acceptors (Lipinski definition) is 2. The third kappa shape index (κ3) is 2.60. The lowest BCUT2D eigenvalue weighted by Gasteiger charge is -2.24. The monoisotopic (exact) mass is 284 g/mol. The first-order valence-corrected chi connectivity index (χ1v) is 8.32. The predicted molar refractivity (Wildman–Crippen MR) is 85.5 cm³/mol. The van der Waals surface area contributed by atoms with E-state index in [2.05, 4.69) is 34.6 Å². The standard InChI is InChI=1S/C18H24N2O/c1-2-6-16-14(4-1)15-5-3-7-17(18(15)20-16)19-10-8-13-9-11-21-12-13/h1-2,4,6,13,17,19-20H,3,5,7-12H2. The SMILES string of the molecule is c1ccc2c3c([nH]c2c1)C(NCCC1CCOC1)CCC3. The van der Waals surface area contributed by atoms with Crippen LogP contribution in [-0.4, -0.2) is 24.7 Å². The van der Waals surface area contributed by atoms with Gasteiger partial charge in [0.25, 0.3) is 0 Å². The van der Waals surface area contributed by atoms with Gasteiger partial charge in [-0.2, -0.15) is 0 Å². The van der Waals surface area contributed by atoms with Crippen LogP contribution >= 0.6 is 0 Å². The smallest absolute Gasteiger partial charge is 0.0495 e. The maximum absolute atomic E-state index is 5.46. The molecule has 21 heavy (non-hydrogen) atoms. The maximum atomic E-state index is 5.46. The fraction of sp³-hybridized carbons (Fsp3) is 0.556. The van der Waals surface area contributed by atoms with Crippen molar-refractivity contribution < 1.29 is 4.74 Å². The van der Waals surface area contributed by atoms with Crippen molar-refractivity contribution in [3.8, 4) is 0 Å². The minimum atomic E-state index is 0.503. The molecule has 2 aliphatic rings. The first-order chi connectivity index (χ1) is 10.4. The van der Waals surface area contributed by atoms with E-state index in [0.29, 0.717) is 6.04 Å². The Morgan fingerprint density at radius 3 is 3.10 bits per heavy atom. The normalized spacial score (nSPS) is 25.3. The fourth-order valence-corrected chi connectivity index (χ4v) is 3.89. The zero-order valence-corrected chi connectivity index (χ0v) is 12.5. The van der Waals surface area contributed by atoms with Crippen molar-refractivity contribution in [2.45, 2.75) is 38.1 Å². The minimum Gasteiger partial charge on any atom is -0.381 e. The molecule has 1 fully saturated rings. The average Bonchev–Trinajstić information content (AvgIpc) is 3.15. The van der Waals surface area contributed by atoms with Crippen molar-refractivity contribution in [3.63, 3.8) is 0 Å². The Bertz CT molecular complexity index is 613. The second-order valence-corrected chi connectivity index (χ2v) is 6.48. The van der Waals surface area contributed by atoms with E-state index < -0.39 is 0 Å². The summed E-state index contributed by atoms with van der Waals surface area (Å²) in [5.74, 6) is 0.767. The molecule has 2 N–H and O–H groups in total. The second-order valence-electron chi connectivity index (χ2n) is 6.48. The van der Waals surface area contributed by atoms with Gasteiger partial charge in [0.05, 0.1) is 0 Å². The van der Waals surface area contributed by atoms with Crippen molar-refractivity contribution in [2.24, 2.45) is 5.92 Å². The van der Waals surface area contributed by atoms with Crippen LogP contribution in [0.25, 0.3) is 10.9 Å². The number of aryl methyl sites for hydroxylation is 1. The summed E-state index contributed by atoms with van der Waals surface area (Å²) >= 11 is 0. The first kappa shape index (κ1) is 13.4. The van der Waals surface area contributed by atoms with Gasteiger partial charge in [0.15, 0.2) is 0 Å². The minimum absolute atomic E-state index is 0.503. The highest BCUT2D eigenvalue weighted by Crippen LogP contribution is 2.34. The summed E-state index contributed by atoms with van der Waals surface area (Å²) in [6, 6.07) is 9.22. The average molecular weight is 284 g/mol. The first-order valence-electron chi connectivity index (χ1n) is 8.32. The summed E-state index contributed by atoms with van der Waals surface area (Å²) in [4.78, 5) is 3.66. The topological polar surface area (TPSA) is 37.0 Å². The molecule has 1 saturated heterocycles. The summed E-state index contributed by atoms with van der Waals surface area (Å²) in [6.45, 7) is 3.03. The Kier molecular flexibility index (Phi) is 3.70. The molecule has 112 valence electrons. The molecule has 1 aliphatic heterocycles. The Hall–Kier alpha value is -1.32. The summed E-state index contributed by atoms with van der Waals surface area (Å²) in [5.41, 5.74) is 4.27. The van der Waals surface area contributed by atoms with Gasteiger partial charge < -0.3 is 15.0 Å². The van der Waals surface area contributed by atoms with E-state index in [-0.39, 0.29) is 0 Å². The molecule has 3 nitrogen and oxygen atoms in total. The lowest BCUT2D eigenvalue weighted by molar-refractivity contribution is 0.184. The number of fused-ring (bicyclic) bond motifs is 3. The molecule has 4 rings (SSSR count). The fourth-order valence-electron chi connectivity index (χ4n) is 3.89. The third-order valence-corrected chi connectivity index (χ3v) is 5.08. The zero-order valence-electron chi connectivity index (χ0n) is 12.5. The van der Waals surface area contributed by atoms with Crippen molar-refractivity contribution in [1.29, 1.82) is 0 Å². The van der Waals surface area contributed by atoms with Gasteiger partial charge in [0.2, 0.25) is 0 Å². The second kappa shape index (κ2) is 5.82. The van der Waals surface area contributed by atoms with Crippen molar-refractivity contribution in [2.75, 3.05) is 19.8 Å². The number of rotatable bonds is 4. The molecular weight excluding hydrogens is 260 g/mol. The molecular formula is C18H24N2O. The third-order valence-electron chi connectivity index (χ3n) is 5.08. The molecule has 3 heteroatoms. The highest BCUT2D eigenvalue weighted by Gasteiger charge is 2.24. The van der Waals surface area contributed by atoms with Gasteiger partial charge in [-0.3, -0.25) is 0 Å². The van der Waals surface area contributed by atoms with Crippen LogP contribution in [-0.2, 0) is 11.2 Å². The molecule has 2 atom stereocenters. The number of benzene rings is 1. The van der Waals surface area contributed by atoms with Crippen LogP contribution in [0.5, 0.6) is 0 Å². The summed E-state index contributed by atoms with van der Waals surface area (Å²) < 4.78 is 5.46. The molecule has 1 aromatic carbocycles. The van der Waals surface area contributed by atoms with Crippen molar-refractivity contribution >= 4 is 10.9 Å². The summed E-state index contributed by atoms with van der Waals surface area (Å²) in [7, 11) is 0. The van der Waals surface area contributed by atoms with Crippen LogP contribution in [0.2, 0.25) is 0 Å². The van der Waals surface area contributed by atoms with Gasteiger partial charge in [0, 0.05) is 35.9 Å². The molecule has 0 spiro atoms. The molecule has 0 bridgehead atoms. The van der Waals surface area contributed by atoms with E-state index in [4.69, 9.17) is 4.74 Å². The zero-order chi connectivity index (χ0) is 14.1. The predicted octanol–water partition coefficient (Wildman–Crippen LogP) is 3.56. The van der Waals surface area contributed by atoms with Crippen LogP contribution < -0.4 is 5.32 Å². The van der Waals surface area contributed by atoms with Crippen molar-refractivity contribution in [1.82, 2.24) is 10.3 Å². The summed E-state index contributed by atoms with van der Waals surface area (Å²) in [6.07, 6.45) is 6.24. The van der Waals surface area contributed by atoms with E-state index in [0.717, 1.165) is 25.7 Å². The molecule has 1 aromatic heterocycles. The number of nitrogens with one attached hydrogen (secondary N) is 2. The lowest BCUT2D eigenvalue weighted by atomic mass is 9.91. The number of aromatic amines is 1. The van der Waals surface area contributed by atoms with Crippen LogP contribution in [0.15, 0.2) is 24.3 Å². The van der Waals surface area contributed by atoms with Gasteiger partial charge in [0.1, 0.15) is 0 Å². The van der Waals surface area contributed by atoms with Crippen LogP contribution in [0.1, 0.15) is 43.0 Å². The molecule has 1 aliphatic carbocycles. The number of ether oxygens (including phenoxy) is 1. The molecule has 0 amide bonds. The quantitative estimate of drug-likeness (QED) is 0.900. The van der Waals surface area contributed by atoms with E-state index in [1.165, 1.54) is 48.7 Å². The molecule has 0 saturated carbocycles. The maximum Gasteiger partial charge on any atom is 0.0495 e. The van der Waals surface area contributed by atoms with E-state index in [9.17, 15) is 0 Å². The Morgan fingerprint density at radius 1 is 1.24 bits per heavy atom. The van der Waals surface area contributed by atoms with Crippen LogP contribution in [0.3, 0.4) is 0 Å². The number of aromatic nitrogens is 1. The van der Waals surface area contributed by atoms with E-state index in [1.807, 2.05) is 0 Å². The molecule has 0 radical (unpaired) electrons. The highest BCUT2D eigenvalue weighted by atomic mass is 16.5. The molecule has 2 heterocycles. The largest absolute Gasteiger partial charge is 0.381 e. The van der Waals surface area contributed by atoms with Gasteiger partial charge in [-0.05, 0) is 56.2 Å². The van der Waals surface area contributed by atoms with Gasteiger partial charge in [-0.25, -0.2) is 0 Å².